The van der Waals surface area contributed by atoms with E-state index in [1.165, 1.54) is 89.9 Å². The molecule has 0 heterocycles. The van der Waals surface area contributed by atoms with E-state index >= 15 is 0 Å². The number of ketones is 1. The Labute approximate surface area is 206 Å². The number of Topliss-reactive ketones (excluding diaryl/α,β-unsaturated/α-hetero) is 1. The Morgan fingerprint density at radius 2 is 1.67 bits per heavy atom. The third-order valence-electron chi connectivity index (χ3n) is 12.3. The van der Waals surface area contributed by atoms with Crippen molar-refractivity contribution in [2.45, 2.75) is 144 Å². The van der Waals surface area contributed by atoms with E-state index < -0.39 is 0 Å². The van der Waals surface area contributed by atoms with Gasteiger partial charge in [-0.15, -0.1) is 0 Å². The third kappa shape index (κ3) is 5.00. The standard InChI is InChI=1S/C32H56O/c1-6-8-11-24(7-2)22-26(33)15-13-23(3)28-17-18-29-27-16-14-25-12-9-10-20-31(25,4)30(27)19-21-32(28,29)5/h23-25,27-30H,6-22H2,1-5H3/t23-,24?,25?,27+,28-,29+,30+,31+,32-/m1/s1. The maximum atomic E-state index is 12.8. The second-order valence-corrected chi connectivity index (χ2v) is 13.8. The maximum Gasteiger partial charge on any atom is 0.133 e. The number of hydrogen-bond acceptors (Lipinski definition) is 1. The molecule has 0 radical (unpaired) electrons. The van der Waals surface area contributed by atoms with Gasteiger partial charge in [0.2, 0.25) is 0 Å². The van der Waals surface area contributed by atoms with Gasteiger partial charge in [0, 0.05) is 12.8 Å². The van der Waals surface area contributed by atoms with Crippen molar-refractivity contribution < 1.29 is 4.79 Å². The van der Waals surface area contributed by atoms with Crippen LogP contribution >= 0.6 is 0 Å². The number of carbonyl (C=O) groups excluding carboxylic acids is 1. The predicted molar refractivity (Wildman–Crippen MR) is 141 cm³/mol. The van der Waals surface area contributed by atoms with Crippen LogP contribution in [0.1, 0.15) is 144 Å². The molecular formula is C32H56O. The molecule has 0 aromatic rings. The molecule has 9 atom stereocenters. The molecule has 0 aliphatic heterocycles. The Balaban J connectivity index is 1.34. The summed E-state index contributed by atoms with van der Waals surface area (Å²) < 4.78 is 0. The highest BCUT2D eigenvalue weighted by Gasteiger charge is 2.60. The predicted octanol–water partition coefficient (Wildman–Crippen LogP) is 9.63. The number of unbranched alkanes of at least 4 members (excludes halogenated alkanes) is 1. The summed E-state index contributed by atoms with van der Waals surface area (Å²) in [5.41, 5.74) is 1.21. The highest BCUT2D eigenvalue weighted by Crippen LogP contribution is 2.68. The summed E-state index contributed by atoms with van der Waals surface area (Å²) in [5.74, 6) is 6.78. The molecule has 0 aromatic carbocycles. The zero-order valence-corrected chi connectivity index (χ0v) is 23.0. The first-order chi connectivity index (χ1) is 15.8. The fourth-order valence-corrected chi connectivity index (χ4v) is 10.2. The van der Waals surface area contributed by atoms with E-state index in [1.54, 1.807) is 0 Å². The van der Waals surface area contributed by atoms with Gasteiger partial charge in [0.1, 0.15) is 5.78 Å². The molecule has 4 aliphatic carbocycles. The molecule has 4 aliphatic rings. The van der Waals surface area contributed by atoms with Crippen LogP contribution in [-0.4, -0.2) is 5.78 Å². The summed E-state index contributed by atoms with van der Waals surface area (Å²) in [4.78, 5) is 12.8. The summed E-state index contributed by atoms with van der Waals surface area (Å²) in [5, 5.41) is 0. The van der Waals surface area contributed by atoms with Crippen molar-refractivity contribution in [1.82, 2.24) is 0 Å². The van der Waals surface area contributed by atoms with Gasteiger partial charge in [-0.25, -0.2) is 0 Å². The van der Waals surface area contributed by atoms with Gasteiger partial charge < -0.3 is 0 Å². The lowest BCUT2D eigenvalue weighted by Crippen LogP contribution is -2.53. The largest absolute Gasteiger partial charge is 0.300 e. The second-order valence-electron chi connectivity index (χ2n) is 13.8. The first-order valence-electron chi connectivity index (χ1n) is 15.3. The van der Waals surface area contributed by atoms with E-state index in [4.69, 9.17) is 0 Å². The Hall–Kier alpha value is -0.330. The van der Waals surface area contributed by atoms with Crippen molar-refractivity contribution in [3.8, 4) is 0 Å². The number of rotatable bonds is 10. The minimum atomic E-state index is 0.550. The number of fused-ring (bicyclic) bond motifs is 5. The summed E-state index contributed by atoms with van der Waals surface area (Å²) in [6.07, 6.45) is 22.8. The van der Waals surface area contributed by atoms with Crippen molar-refractivity contribution in [1.29, 1.82) is 0 Å². The molecule has 33 heavy (non-hydrogen) atoms. The third-order valence-corrected chi connectivity index (χ3v) is 12.3. The molecule has 1 nitrogen and oxygen atoms in total. The minimum Gasteiger partial charge on any atom is -0.300 e. The molecule has 4 fully saturated rings. The van der Waals surface area contributed by atoms with Crippen LogP contribution in [0.25, 0.3) is 0 Å². The van der Waals surface area contributed by atoms with E-state index in [1.807, 2.05) is 0 Å². The van der Waals surface area contributed by atoms with E-state index in [2.05, 4.69) is 34.6 Å². The topological polar surface area (TPSA) is 17.1 Å². The lowest BCUT2D eigenvalue weighted by Gasteiger charge is -2.61. The van der Waals surface area contributed by atoms with Gasteiger partial charge in [-0.1, -0.05) is 73.1 Å². The summed E-state index contributed by atoms with van der Waals surface area (Å²) >= 11 is 0. The monoisotopic (exact) mass is 456 g/mol. The van der Waals surface area contributed by atoms with E-state index in [0.717, 1.165) is 54.8 Å². The van der Waals surface area contributed by atoms with Crippen molar-refractivity contribution in [3.05, 3.63) is 0 Å². The van der Waals surface area contributed by atoms with Crippen LogP contribution in [0.2, 0.25) is 0 Å². The molecule has 4 rings (SSSR count). The Morgan fingerprint density at radius 1 is 0.879 bits per heavy atom. The zero-order valence-electron chi connectivity index (χ0n) is 23.0. The molecule has 0 aromatic heterocycles. The van der Waals surface area contributed by atoms with Gasteiger partial charge in [0.15, 0.2) is 0 Å². The van der Waals surface area contributed by atoms with Crippen molar-refractivity contribution in [2.75, 3.05) is 0 Å². The van der Waals surface area contributed by atoms with E-state index in [-0.39, 0.29) is 0 Å². The molecule has 4 saturated carbocycles. The second kappa shape index (κ2) is 10.7. The van der Waals surface area contributed by atoms with Gasteiger partial charge in [-0.2, -0.15) is 0 Å². The fourth-order valence-electron chi connectivity index (χ4n) is 10.2. The lowest BCUT2D eigenvalue weighted by molar-refractivity contribution is -0.121. The molecule has 190 valence electrons. The van der Waals surface area contributed by atoms with Gasteiger partial charge in [-0.05, 0) is 110 Å². The van der Waals surface area contributed by atoms with Gasteiger partial charge >= 0.3 is 0 Å². The molecule has 1 heteroatoms. The first-order valence-corrected chi connectivity index (χ1v) is 15.3. The molecular weight excluding hydrogens is 400 g/mol. The molecule has 0 spiro atoms. The van der Waals surface area contributed by atoms with Crippen molar-refractivity contribution in [2.24, 2.45) is 52.3 Å². The lowest BCUT2D eigenvalue weighted by atomic mass is 9.44. The van der Waals surface area contributed by atoms with Gasteiger partial charge in [0.25, 0.3) is 0 Å². The SMILES string of the molecule is CCCCC(CC)CC(=O)CC[C@@H](C)[C@H]1CC[C@H]2[C@@H]3CCC4CCCC[C@]4(C)[C@H]3CC[C@]12C. The number of carbonyl (C=O) groups is 1. The van der Waals surface area contributed by atoms with E-state index in [0.29, 0.717) is 22.5 Å². The van der Waals surface area contributed by atoms with Crippen LogP contribution in [0.3, 0.4) is 0 Å². The molecule has 0 amide bonds. The first kappa shape index (κ1) is 25.8. The van der Waals surface area contributed by atoms with Crippen LogP contribution in [0.5, 0.6) is 0 Å². The Morgan fingerprint density at radius 3 is 2.42 bits per heavy atom. The normalized spacial score (nSPS) is 42.2. The quantitative estimate of drug-likeness (QED) is 0.320. The smallest absolute Gasteiger partial charge is 0.133 e. The van der Waals surface area contributed by atoms with Crippen LogP contribution in [-0.2, 0) is 4.79 Å². The summed E-state index contributed by atoms with van der Waals surface area (Å²) in [6, 6.07) is 0. The highest BCUT2D eigenvalue weighted by atomic mass is 16.1. The zero-order chi connectivity index (χ0) is 23.6. The maximum absolute atomic E-state index is 12.8. The van der Waals surface area contributed by atoms with Crippen molar-refractivity contribution in [3.63, 3.8) is 0 Å². The van der Waals surface area contributed by atoms with Gasteiger partial charge in [-0.3, -0.25) is 4.79 Å². The molecule has 0 saturated heterocycles. The van der Waals surface area contributed by atoms with Crippen LogP contribution in [0.4, 0.5) is 0 Å². The van der Waals surface area contributed by atoms with Crippen molar-refractivity contribution >= 4 is 5.78 Å². The average Bonchev–Trinajstić information content (AvgIpc) is 3.17. The minimum absolute atomic E-state index is 0.550. The molecule has 2 unspecified atom stereocenters. The molecule has 0 bridgehead atoms. The number of hydrogen-bond donors (Lipinski definition) is 0. The van der Waals surface area contributed by atoms with Gasteiger partial charge in [0.05, 0.1) is 0 Å². The highest BCUT2D eigenvalue weighted by molar-refractivity contribution is 5.78. The van der Waals surface area contributed by atoms with Crippen LogP contribution in [0, 0.1) is 52.3 Å². The van der Waals surface area contributed by atoms with Crippen LogP contribution < -0.4 is 0 Å². The summed E-state index contributed by atoms with van der Waals surface area (Å²) in [7, 11) is 0. The fraction of sp³-hybridized carbons (Fsp3) is 0.969. The van der Waals surface area contributed by atoms with Crippen LogP contribution in [0.15, 0.2) is 0 Å². The molecule has 0 N–H and O–H groups in total. The Kier molecular flexibility index (Phi) is 8.38. The average molecular weight is 457 g/mol. The van der Waals surface area contributed by atoms with E-state index in [9.17, 15) is 4.79 Å². The summed E-state index contributed by atoms with van der Waals surface area (Å²) in [6.45, 7) is 12.4. The Bertz CT molecular complexity index is 653.